The van der Waals surface area contributed by atoms with E-state index in [4.69, 9.17) is 10.9 Å². The topological polar surface area (TPSA) is 58.6 Å². The first-order chi connectivity index (χ1) is 4.74. The molecule has 1 unspecified atom stereocenters. The van der Waals surface area contributed by atoms with Crippen LogP contribution < -0.4 is 5.73 Å². The molecule has 3 nitrogen and oxygen atoms in total. The normalized spacial score (nSPS) is 28.7. The van der Waals surface area contributed by atoms with Gasteiger partial charge in [0.05, 0.1) is 5.71 Å². The van der Waals surface area contributed by atoms with Crippen LogP contribution in [0.5, 0.6) is 0 Å². The Morgan fingerprint density at radius 2 is 2.40 bits per heavy atom. The van der Waals surface area contributed by atoms with Crippen molar-refractivity contribution >= 4 is 5.71 Å². The van der Waals surface area contributed by atoms with Gasteiger partial charge in [0.2, 0.25) is 0 Å². The lowest BCUT2D eigenvalue weighted by Crippen LogP contribution is -2.12. The van der Waals surface area contributed by atoms with Gasteiger partial charge in [-0.3, -0.25) is 0 Å². The molecule has 0 fully saturated rings. The summed E-state index contributed by atoms with van der Waals surface area (Å²) in [4.78, 5) is 0. The van der Waals surface area contributed by atoms with Crippen molar-refractivity contribution in [1.82, 2.24) is 0 Å². The van der Waals surface area contributed by atoms with Crippen LogP contribution in [0.25, 0.3) is 0 Å². The molecule has 54 valence electrons. The highest BCUT2D eigenvalue weighted by Gasteiger charge is 2.08. The second-order valence-corrected chi connectivity index (χ2v) is 2.32. The molecule has 3 heteroatoms. The van der Waals surface area contributed by atoms with E-state index in [1.54, 1.807) is 12.2 Å². The summed E-state index contributed by atoms with van der Waals surface area (Å²) in [5, 5.41) is 11.5. The third kappa shape index (κ3) is 1.18. The van der Waals surface area contributed by atoms with Crippen LogP contribution in [0.2, 0.25) is 0 Å². The molecule has 0 saturated heterocycles. The maximum absolute atomic E-state index is 8.43. The second-order valence-electron chi connectivity index (χ2n) is 2.32. The maximum Gasteiger partial charge on any atom is 0.0881 e. The van der Waals surface area contributed by atoms with Gasteiger partial charge >= 0.3 is 0 Å². The SMILES string of the molecule is CC1C=CC(N)=CC1=NO. The summed E-state index contributed by atoms with van der Waals surface area (Å²) in [5.74, 6) is 0.164. The number of hydrogen-bond donors (Lipinski definition) is 2. The van der Waals surface area contributed by atoms with E-state index in [0.29, 0.717) is 11.4 Å². The van der Waals surface area contributed by atoms with Gasteiger partial charge in [0.1, 0.15) is 0 Å². The van der Waals surface area contributed by atoms with Gasteiger partial charge in [-0.15, -0.1) is 0 Å². The third-order valence-electron chi connectivity index (χ3n) is 1.47. The molecule has 0 saturated carbocycles. The van der Waals surface area contributed by atoms with E-state index < -0.39 is 0 Å². The molecular formula is C7H10N2O. The van der Waals surface area contributed by atoms with Gasteiger partial charge in [-0.05, 0) is 12.2 Å². The fraction of sp³-hybridized carbons (Fsp3) is 0.286. The maximum atomic E-state index is 8.43. The lowest BCUT2D eigenvalue weighted by molar-refractivity contribution is 0.317. The zero-order valence-corrected chi connectivity index (χ0v) is 5.78. The van der Waals surface area contributed by atoms with E-state index in [-0.39, 0.29) is 5.92 Å². The Bertz CT molecular complexity index is 216. The molecule has 1 atom stereocenters. The molecule has 1 aliphatic rings. The Morgan fingerprint density at radius 1 is 1.70 bits per heavy atom. The summed E-state index contributed by atoms with van der Waals surface area (Å²) >= 11 is 0. The molecule has 0 aromatic rings. The van der Waals surface area contributed by atoms with E-state index in [1.165, 1.54) is 0 Å². The Hall–Kier alpha value is -1.25. The first-order valence-electron chi connectivity index (χ1n) is 3.11. The number of nitrogens with zero attached hydrogens (tertiary/aromatic N) is 1. The van der Waals surface area contributed by atoms with Crippen LogP contribution in [0.4, 0.5) is 0 Å². The van der Waals surface area contributed by atoms with Crippen LogP contribution in [0, 0.1) is 5.92 Å². The van der Waals surface area contributed by atoms with E-state index >= 15 is 0 Å². The van der Waals surface area contributed by atoms with Crippen molar-refractivity contribution in [1.29, 1.82) is 0 Å². The fourth-order valence-corrected chi connectivity index (χ4v) is 0.824. The second kappa shape index (κ2) is 2.56. The summed E-state index contributed by atoms with van der Waals surface area (Å²) in [6, 6.07) is 0. The van der Waals surface area contributed by atoms with Gasteiger partial charge in [-0.25, -0.2) is 0 Å². The van der Waals surface area contributed by atoms with Crippen molar-refractivity contribution < 1.29 is 5.21 Å². The van der Waals surface area contributed by atoms with Gasteiger partial charge in [-0.1, -0.05) is 18.2 Å². The minimum atomic E-state index is 0.164. The number of nitrogens with two attached hydrogens (primary N) is 1. The number of allylic oxidation sites excluding steroid dienone is 3. The molecule has 1 rings (SSSR count). The standard InChI is InChI=1S/C7H10N2O/c1-5-2-3-6(8)4-7(5)9-10/h2-5,10H,8H2,1H3. The Balaban J connectivity index is 2.88. The van der Waals surface area contributed by atoms with Crippen molar-refractivity contribution in [3.05, 3.63) is 23.9 Å². The van der Waals surface area contributed by atoms with Crippen molar-refractivity contribution in [3.8, 4) is 0 Å². The number of rotatable bonds is 0. The highest BCUT2D eigenvalue weighted by molar-refractivity contribution is 5.99. The number of oxime groups is 1. The zero-order chi connectivity index (χ0) is 7.56. The minimum absolute atomic E-state index is 0.164. The van der Waals surface area contributed by atoms with Crippen molar-refractivity contribution in [2.75, 3.05) is 0 Å². The van der Waals surface area contributed by atoms with Gasteiger partial charge in [0.15, 0.2) is 0 Å². The molecule has 0 radical (unpaired) electrons. The smallest absolute Gasteiger partial charge is 0.0881 e. The van der Waals surface area contributed by atoms with Crippen LogP contribution in [0.1, 0.15) is 6.92 Å². The Labute approximate surface area is 59.5 Å². The lowest BCUT2D eigenvalue weighted by Gasteiger charge is -2.09. The average molecular weight is 138 g/mol. The number of hydrogen-bond acceptors (Lipinski definition) is 3. The highest BCUT2D eigenvalue weighted by Crippen LogP contribution is 2.09. The Morgan fingerprint density at radius 3 is 2.90 bits per heavy atom. The van der Waals surface area contributed by atoms with Crippen molar-refractivity contribution in [2.24, 2.45) is 16.8 Å². The third-order valence-corrected chi connectivity index (χ3v) is 1.47. The van der Waals surface area contributed by atoms with Crippen LogP contribution in [0.15, 0.2) is 29.1 Å². The van der Waals surface area contributed by atoms with Gasteiger partial charge in [0, 0.05) is 11.6 Å². The van der Waals surface area contributed by atoms with Gasteiger partial charge in [-0.2, -0.15) is 0 Å². The van der Waals surface area contributed by atoms with Gasteiger partial charge in [0.25, 0.3) is 0 Å². The van der Waals surface area contributed by atoms with Crippen molar-refractivity contribution in [2.45, 2.75) is 6.92 Å². The van der Waals surface area contributed by atoms with Crippen LogP contribution in [-0.4, -0.2) is 10.9 Å². The molecule has 0 aromatic carbocycles. The summed E-state index contributed by atoms with van der Waals surface area (Å²) in [6.45, 7) is 1.94. The van der Waals surface area contributed by atoms with E-state index in [0.717, 1.165) is 0 Å². The molecule has 0 amide bonds. The van der Waals surface area contributed by atoms with Crippen LogP contribution in [-0.2, 0) is 0 Å². The summed E-state index contributed by atoms with van der Waals surface area (Å²) < 4.78 is 0. The minimum Gasteiger partial charge on any atom is -0.411 e. The summed E-state index contributed by atoms with van der Waals surface area (Å²) in [5.41, 5.74) is 6.69. The van der Waals surface area contributed by atoms with Gasteiger partial charge < -0.3 is 10.9 Å². The molecule has 0 spiro atoms. The lowest BCUT2D eigenvalue weighted by atomic mass is 10.00. The molecule has 3 N–H and O–H groups in total. The van der Waals surface area contributed by atoms with Crippen LogP contribution in [0.3, 0.4) is 0 Å². The molecule has 10 heavy (non-hydrogen) atoms. The zero-order valence-electron chi connectivity index (χ0n) is 5.78. The van der Waals surface area contributed by atoms with E-state index in [2.05, 4.69) is 5.16 Å². The monoisotopic (exact) mass is 138 g/mol. The molecule has 0 heterocycles. The van der Waals surface area contributed by atoms with Crippen molar-refractivity contribution in [3.63, 3.8) is 0 Å². The molecular weight excluding hydrogens is 128 g/mol. The average Bonchev–Trinajstić information content (AvgIpc) is 1.94. The first kappa shape index (κ1) is 6.86. The predicted octanol–water partition coefficient (Wildman–Crippen LogP) is 0.865. The molecule has 1 aliphatic carbocycles. The molecule has 0 aliphatic heterocycles. The Kier molecular flexibility index (Phi) is 1.76. The molecule has 0 bridgehead atoms. The quantitative estimate of drug-likeness (QED) is 0.385. The van der Waals surface area contributed by atoms with Crippen LogP contribution >= 0.6 is 0 Å². The van der Waals surface area contributed by atoms with E-state index in [1.807, 2.05) is 13.0 Å². The largest absolute Gasteiger partial charge is 0.411 e. The first-order valence-corrected chi connectivity index (χ1v) is 3.11. The summed E-state index contributed by atoms with van der Waals surface area (Å²) in [7, 11) is 0. The fourth-order valence-electron chi connectivity index (χ4n) is 0.824. The highest BCUT2D eigenvalue weighted by atomic mass is 16.4. The summed E-state index contributed by atoms with van der Waals surface area (Å²) in [6.07, 6.45) is 5.36. The molecule has 0 aromatic heterocycles. The predicted molar refractivity (Wildman–Crippen MR) is 39.8 cm³/mol. The van der Waals surface area contributed by atoms with E-state index in [9.17, 15) is 0 Å².